The van der Waals surface area contributed by atoms with E-state index in [2.05, 4.69) is 20.8 Å². The number of allylic oxidation sites excluding steroid dienone is 1. The average molecular weight is 292 g/mol. The molecule has 0 N–H and O–H groups in total. The van der Waals surface area contributed by atoms with Crippen LogP contribution in [-0.2, 0) is 9.53 Å². The van der Waals surface area contributed by atoms with E-state index in [9.17, 15) is 4.79 Å². The molecule has 0 bridgehead atoms. The number of ether oxygens (including phenoxy) is 1. The average Bonchev–Trinajstić information content (AvgIpc) is 2.46. The van der Waals surface area contributed by atoms with Gasteiger partial charge in [-0.15, -0.1) is 0 Å². The first-order valence-corrected chi connectivity index (χ1v) is 8.77. The molecule has 120 valence electrons. The van der Waals surface area contributed by atoms with E-state index < -0.39 is 0 Å². The number of carbonyl (C=O) groups is 1. The molecule has 2 fully saturated rings. The van der Waals surface area contributed by atoms with Crippen molar-refractivity contribution in [3.63, 3.8) is 0 Å². The first-order chi connectivity index (χ1) is 9.91. The normalized spacial score (nSPS) is 34.0. The highest BCUT2D eigenvalue weighted by atomic mass is 16.5. The molecule has 2 aliphatic carbocycles. The Morgan fingerprint density at radius 3 is 2.57 bits per heavy atom. The van der Waals surface area contributed by atoms with Gasteiger partial charge in [0.1, 0.15) is 0 Å². The first-order valence-electron chi connectivity index (χ1n) is 8.77. The molecule has 3 unspecified atom stereocenters. The third-order valence-corrected chi connectivity index (χ3v) is 6.35. The van der Waals surface area contributed by atoms with Crippen molar-refractivity contribution in [1.82, 2.24) is 0 Å². The van der Waals surface area contributed by atoms with Crippen molar-refractivity contribution in [2.75, 3.05) is 6.61 Å². The molecule has 0 aromatic carbocycles. The lowest BCUT2D eigenvalue weighted by Gasteiger charge is -2.52. The van der Waals surface area contributed by atoms with Gasteiger partial charge in [-0.25, -0.2) is 4.79 Å². The van der Waals surface area contributed by atoms with Gasteiger partial charge in [0.25, 0.3) is 0 Å². The van der Waals surface area contributed by atoms with Gasteiger partial charge in [0.15, 0.2) is 0 Å². The van der Waals surface area contributed by atoms with Crippen LogP contribution < -0.4 is 0 Å². The summed E-state index contributed by atoms with van der Waals surface area (Å²) >= 11 is 0. The Hall–Kier alpha value is -0.790. The highest BCUT2D eigenvalue weighted by molar-refractivity contribution is 5.88. The zero-order valence-electron chi connectivity index (χ0n) is 14.5. The van der Waals surface area contributed by atoms with Gasteiger partial charge in [-0.3, -0.25) is 0 Å². The third kappa shape index (κ3) is 3.19. The molecule has 2 heteroatoms. The van der Waals surface area contributed by atoms with E-state index in [4.69, 9.17) is 4.74 Å². The molecule has 0 aliphatic heterocycles. The van der Waals surface area contributed by atoms with Gasteiger partial charge < -0.3 is 4.74 Å². The molecule has 2 nitrogen and oxygen atoms in total. The molecule has 0 saturated heterocycles. The minimum atomic E-state index is -0.105. The van der Waals surface area contributed by atoms with Gasteiger partial charge in [-0.2, -0.15) is 0 Å². The molecule has 21 heavy (non-hydrogen) atoms. The van der Waals surface area contributed by atoms with E-state index in [0.717, 1.165) is 36.2 Å². The van der Waals surface area contributed by atoms with Crippen molar-refractivity contribution in [2.24, 2.45) is 23.2 Å². The van der Waals surface area contributed by atoms with Crippen molar-refractivity contribution in [3.8, 4) is 0 Å². The van der Waals surface area contributed by atoms with Gasteiger partial charge in [-0.1, -0.05) is 32.8 Å². The SMILES string of the molecule is CCOC(=O)/C(C)=C1/CCC2CCC(CC)C(C)(C)C2C1. The van der Waals surface area contributed by atoms with Gasteiger partial charge >= 0.3 is 5.97 Å². The van der Waals surface area contributed by atoms with Crippen molar-refractivity contribution >= 4 is 5.97 Å². The second-order valence-corrected chi connectivity index (χ2v) is 7.56. The maximum absolute atomic E-state index is 12.0. The van der Waals surface area contributed by atoms with E-state index >= 15 is 0 Å². The Bertz CT molecular complexity index is 419. The van der Waals surface area contributed by atoms with Gasteiger partial charge in [0.05, 0.1) is 6.61 Å². The molecular weight excluding hydrogens is 260 g/mol. The molecule has 0 aromatic heterocycles. The minimum Gasteiger partial charge on any atom is -0.463 e. The lowest BCUT2D eigenvalue weighted by Crippen LogP contribution is -2.43. The Kier molecular flexibility index (Phi) is 5.16. The summed E-state index contributed by atoms with van der Waals surface area (Å²) in [7, 11) is 0. The highest BCUT2D eigenvalue weighted by Gasteiger charge is 2.46. The molecule has 0 amide bonds. The molecule has 2 aliphatic rings. The van der Waals surface area contributed by atoms with Crippen molar-refractivity contribution in [3.05, 3.63) is 11.1 Å². The maximum Gasteiger partial charge on any atom is 0.333 e. The number of fused-ring (bicyclic) bond motifs is 1. The third-order valence-electron chi connectivity index (χ3n) is 6.35. The summed E-state index contributed by atoms with van der Waals surface area (Å²) in [5.74, 6) is 2.33. The highest BCUT2D eigenvalue weighted by Crippen LogP contribution is 2.55. The summed E-state index contributed by atoms with van der Waals surface area (Å²) < 4.78 is 5.19. The first kappa shape index (κ1) is 16.6. The predicted molar refractivity (Wildman–Crippen MR) is 87.0 cm³/mol. The number of hydrogen-bond acceptors (Lipinski definition) is 2. The van der Waals surface area contributed by atoms with E-state index in [0.29, 0.717) is 12.0 Å². The van der Waals surface area contributed by atoms with E-state index in [1.165, 1.54) is 31.3 Å². The summed E-state index contributed by atoms with van der Waals surface area (Å²) in [6.07, 6.45) is 7.53. The fourth-order valence-electron chi connectivity index (χ4n) is 4.86. The standard InChI is InChI=1S/C19H32O2/c1-6-16-11-10-14-8-9-15(12-17(14)19(16,4)5)13(3)18(20)21-7-2/h14,16-17H,6-12H2,1-5H3/b15-13-. The Labute approximate surface area is 130 Å². The molecule has 2 saturated carbocycles. The van der Waals surface area contributed by atoms with E-state index in [1.54, 1.807) is 0 Å². The number of rotatable bonds is 3. The van der Waals surface area contributed by atoms with Crippen LogP contribution in [0.4, 0.5) is 0 Å². The van der Waals surface area contributed by atoms with Gasteiger partial charge in [-0.05, 0) is 69.1 Å². The van der Waals surface area contributed by atoms with Crippen molar-refractivity contribution in [2.45, 2.75) is 73.1 Å². The zero-order valence-corrected chi connectivity index (χ0v) is 14.5. The predicted octanol–water partition coefficient (Wildman–Crippen LogP) is 5.13. The van der Waals surface area contributed by atoms with Crippen LogP contribution in [0.5, 0.6) is 0 Å². The molecule has 2 rings (SSSR count). The van der Waals surface area contributed by atoms with Crippen LogP contribution in [0.2, 0.25) is 0 Å². The largest absolute Gasteiger partial charge is 0.463 e. The zero-order chi connectivity index (χ0) is 15.6. The second kappa shape index (κ2) is 6.54. The van der Waals surface area contributed by atoms with Crippen LogP contribution in [0, 0.1) is 23.2 Å². The molecule has 3 atom stereocenters. The monoisotopic (exact) mass is 292 g/mol. The van der Waals surface area contributed by atoms with Crippen LogP contribution in [-0.4, -0.2) is 12.6 Å². The van der Waals surface area contributed by atoms with Gasteiger partial charge in [0.2, 0.25) is 0 Å². The number of hydrogen-bond donors (Lipinski definition) is 0. The van der Waals surface area contributed by atoms with Crippen LogP contribution >= 0.6 is 0 Å². The number of carbonyl (C=O) groups excluding carboxylic acids is 1. The van der Waals surface area contributed by atoms with Crippen LogP contribution in [0.1, 0.15) is 73.1 Å². The molecule has 0 aromatic rings. The van der Waals surface area contributed by atoms with Crippen LogP contribution in [0.3, 0.4) is 0 Å². The smallest absolute Gasteiger partial charge is 0.333 e. The second-order valence-electron chi connectivity index (χ2n) is 7.56. The fraction of sp³-hybridized carbons (Fsp3) is 0.842. The topological polar surface area (TPSA) is 26.3 Å². The van der Waals surface area contributed by atoms with Crippen molar-refractivity contribution < 1.29 is 9.53 Å². The maximum atomic E-state index is 12.0. The fourth-order valence-corrected chi connectivity index (χ4v) is 4.86. The summed E-state index contributed by atoms with van der Waals surface area (Å²) in [5, 5.41) is 0. The Morgan fingerprint density at radius 1 is 1.24 bits per heavy atom. The summed E-state index contributed by atoms with van der Waals surface area (Å²) in [6, 6.07) is 0. The summed E-state index contributed by atoms with van der Waals surface area (Å²) in [6.45, 7) is 11.6. The van der Waals surface area contributed by atoms with Crippen LogP contribution in [0.15, 0.2) is 11.1 Å². The van der Waals surface area contributed by atoms with Crippen LogP contribution in [0.25, 0.3) is 0 Å². The molecular formula is C19H32O2. The quantitative estimate of drug-likeness (QED) is 0.532. The van der Waals surface area contributed by atoms with E-state index in [-0.39, 0.29) is 5.97 Å². The van der Waals surface area contributed by atoms with Crippen molar-refractivity contribution in [1.29, 1.82) is 0 Å². The Balaban J connectivity index is 2.19. The van der Waals surface area contributed by atoms with E-state index in [1.807, 2.05) is 13.8 Å². The molecule has 0 heterocycles. The van der Waals surface area contributed by atoms with Gasteiger partial charge in [0, 0.05) is 5.57 Å². The molecule has 0 spiro atoms. The lowest BCUT2D eigenvalue weighted by atomic mass is 9.53. The summed E-state index contributed by atoms with van der Waals surface area (Å²) in [4.78, 5) is 12.0. The Morgan fingerprint density at radius 2 is 1.95 bits per heavy atom. The lowest BCUT2D eigenvalue weighted by molar-refractivity contribution is -0.138. The number of esters is 1. The minimum absolute atomic E-state index is 0.105. The summed E-state index contributed by atoms with van der Waals surface area (Å²) in [5.41, 5.74) is 2.64. The molecule has 0 radical (unpaired) electrons.